The van der Waals surface area contributed by atoms with Gasteiger partial charge in [0.1, 0.15) is 5.75 Å². The van der Waals surface area contributed by atoms with Crippen molar-refractivity contribution in [2.45, 2.75) is 32.9 Å². The Hall–Kier alpha value is -2.89. The van der Waals surface area contributed by atoms with Gasteiger partial charge in [-0.3, -0.25) is 4.79 Å². The van der Waals surface area contributed by atoms with Gasteiger partial charge in [0.15, 0.2) is 17.6 Å². The maximum Gasteiger partial charge on any atom is 0.261 e. The summed E-state index contributed by atoms with van der Waals surface area (Å²) in [5, 5.41) is 2.91. The van der Waals surface area contributed by atoms with Crippen molar-refractivity contribution in [1.29, 1.82) is 0 Å². The van der Waals surface area contributed by atoms with Gasteiger partial charge in [-0.2, -0.15) is 0 Å². The summed E-state index contributed by atoms with van der Waals surface area (Å²) in [5.74, 6) is 2.15. The van der Waals surface area contributed by atoms with E-state index in [1.807, 2.05) is 50.2 Å². The van der Waals surface area contributed by atoms with Gasteiger partial charge in [0.2, 0.25) is 5.75 Å². The number of aryl methyl sites for hydroxylation is 1. The summed E-state index contributed by atoms with van der Waals surface area (Å²) in [6, 6.07) is 11.3. The number of carbonyl (C=O) groups excluding carboxylic acids is 1. The molecule has 0 aliphatic rings. The molecular formula is C21H27NO5. The number of amides is 1. The van der Waals surface area contributed by atoms with Crippen molar-refractivity contribution in [1.82, 2.24) is 5.32 Å². The van der Waals surface area contributed by atoms with Crippen molar-refractivity contribution in [2.24, 2.45) is 0 Å². The molecule has 2 rings (SSSR count). The molecule has 0 aliphatic carbocycles. The van der Waals surface area contributed by atoms with E-state index in [1.54, 1.807) is 21.3 Å². The Morgan fingerprint density at radius 2 is 1.63 bits per heavy atom. The van der Waals surface area contributed by atoms with E-state index < -0.39 is 6.10 Å². The number of hydrogen-bond acceptors (Lipinski definition) is 5. The first-order chi connectivity index (χ1) is 13.0. The van der Waals surface area contributed by atoms with Crippen LogP contribution in [0, 0.1) is 6.92 Å². The third kappa shape index (κ3) is 5.06. The van der Waals surface area contributed by atoms with Gasteiger partial charge >= 0.3 is 0 Å². The van der Waals surface area contributed by atoms with Gasteiger partial charge in [0.25, 0.3) is 5.91 Å². The van der Waals surface area contributed by atoms with E-state index in [-0.39, 0.29) is 5.91 Å². The van der Waals surface area contributed by atoms with Gasteiger partial charge in [0, 0.05) is 6.54 Å². The molecule has 0 saturated carbocycles. The molecule has 0 aromatic heterocycles. The van der Waals surface area contributed by atoms with E-state index in [0.717, 1.165) is 11.1 Å². The number of methoxy groups -OCH3 is 3. The number of para-hydroxylation sites is 1. The van der Waals surface area contributed by atoms with Crippen LogP contribution >= 0.6 is 0 Å². The zero-order valence-corrected chi connectivity index (χ0v) is 16.5. The van der Waals surface area contributed by atoms with Crippen LogP contribution in [0.1, 0.15) is 24.5 Å². The lowest BCUT2D eigenvalue weighted by Crippen LogP contribution is -2.37. The molecule has 1 N–H and O–H groups in total. The lowest BCUT2D eigenvalue weighted by atomic mass is 10.1. The Labute approximate surface area is 160 Å². The van der Waals surface area contributed by atoms with Crippen LogP contribution in [-0.2, 0) is 11.3 Å². The van der Waals surface area contributed by atoms with Crippen molar-refractivity contribution in [2.75, 3.05) is 21.3 Å². The minimum absolute atomic E-state index is 0.172. The molecule has 1 atom stereocenters. The fraction of sp³-hybridized carbons (Fsp3) is 0.381. The van der Waals surface area contributed by atoms with Crippen molar-refractivity contribution >= 4 is 5.91 Å². The molecule has 0 spiro atoms. The zero-order valence-electron chi connectivity index (χ0n) is 16.5. The Balaban J connectivity index is 2.08. The van der Waals surface area contributed by atoms with Gasteiger partial charge < -0.3 is 24.3 Å². The Bertz CT molecular complexity index is 750. The highest BCUT2D eigenvalue weighted by molar-refractivity contribution is 5.81. The topological polar surface area (TPSA) is 66.0 Å². The third-order valence-corrected chi connectivity index (χ3v) is 4.22. The van der Waals surface area contributed by atoms with E-state index in [9.17, 15) is 4.79 Å². The molecule has 146 valence electrons. The van der Waals surface area contributed by atoms with Gasteiger partial charge in [0.05, 0.1) is 21.3 Å². The largest absolute Gasteiger partial charge is 0.493 e. The average Bonchev–Trinajstić information content (AvgIpc) is 2.70. The number of hydrogen-bond donors (Lipinski definition) is 1. The fourth-order valence-electron chi connectivity index (χ4n) is 2.70. The molecule has 1 amide bonds. The molecule has 0 unspecified atom stereocenters. The molecule has 0 aliphatic heterocycles. The first-order valence-corrected chi connectivity index (χ1v) is 8.82. The van der Waals surface area contributed by atoms with Gasteiger partial charge in [-0.15, -0.1) is 0 Å². The monoisotopic (exact) mass is 373 g/mol. The van der Waals surface area contributed by atoms with Crippen LogP contribution < -0.4 is 24.3 Å². The maximum atomic E-state index is 12.6. The van der Waals surface area contributed by atoms with E-state index in [1.165, 1.54) is 0 Å². The second-order valence-corrected chi connectivity index (χ2v) is 6.03. The van der Waals surface area contributed by atoms with Crippen LogP contribution in [0.25, 0.3) is 0 Å². The third-order valence-electron chi connectivity index (χ3n) is 4.22. The Morgan fingerprint density at radius 3 is 2.15 bits per heavy atom. The van der Waals surface area contributed by atoms with Gasteiger partial charge in [-0.1, -0.05) is 25.1 Å². The number of rotatable bonds is 9. The second kappa shape index (κ2) is 9.71. The SMILES string of the molecule is CC[C@@H](Oc1ccccc1C)C(=O)NCc1cc(OC)c(OC)c(OC)c1. The van der Waals surface area contributed by atoms with Crippen LogP contribution in [0.4, 0.5) is 0 Å². The molecule has 27 heavy (non-hydrogen) atoms. The highest BCUT2D eigenvalue weighted by atomic mass is 16.5. The van der Waals surface area contributed by atoms with Gasteiger partial charge in [-0.25, -0.2) is 0 Å². The Kier molecular flexibility index (Phi) is 7.34. The molecule has 0 bridgehead atoms. The molecule has 2 aromatic rings. The van der Waals surface area contributed by atoms with Crippen LogP contribution in [0.2, 0.25) is 0 Å². The van der Waals surface area contributed by atoms with E-state index >= 15 is 0 Å². The first-order valence-electron chi connectivity index (χ1n) is 8.82. The smallest absolute Gasteiger partial charge is 0.261 e. The lowest BCUT2D eigenvalue weighted by Gasteiger charge is -2.19. The molecule has 0 heterocycles. The minimum atomic E-state index is -0.562. The number of carbonyl (C=O) groups is 1. The standard InChI is InChI=1S/C21H27NO5/c1-6-16(27-17-10-8-7-9-14(17)2)21(23)22-13-15-11-18(24-3)20(26-5)19(12-15)25-4/h7-12,16H,6,13H2,1-5H3,(H,22,23)/t16-/m1/s1. The van der Waals surface area contributed by atoms with E-state index in [2.05, 4.69) is 5.32 Å². The summed E-state index contributed by atoms with van der Waals surface area (Å²) < 4.78 is 21.9. The van der Waals surface area contributed by atoms with E-state index in [0.29, 0.717) is 36.0 Å². The summed E-state index contributed by atoms with van der Waals surface area (Å²) in [4.78, 5) is 12.6. The van der Waals surface area contributed by atoms with Crippen molar-refractivity contribution < 1.29 is 23.7 Å². The summed E-state index contributed by atoms with van der Waals surface area (Å²) in [5.41, 5.74) is 1.83. The predicted molar refractivity (Wildman–Crippen MR) is 104 cm³/mol. The predicted octanol–water partition coefficient (Wildman–Crippen LogP) is 3.49. The molecule has 6 heteroatoms. The molecular weight excluding hydrogens is 346 g/mol. The van der Waals surface area contributed by atoms with Crippen LogP contribution in [0.5, 0.6) is 23.0 Å². The molecule has 2 aromatic carbocycles. The van der Waals surface area contributed by atoms with Crippen molar-refractivity contribution in [3.63, 3.8) is 0 Å². The summed E-state index contributed by atoms with van der Waals surface area (Å²) in [7, 11) is 4.67. The first kappa shape index (κ1) is 20.4. The lowest BCUT2D eigenvalue weighted by molar-refractivity contribution is -0.128. The molecule has 0 saturated heterocycles. The highest BCUT2D eigenvalue weighted by Crippen LogP contribution is 2.38. The van der Waals surface area contributed by atoms with Gasteiger partial charge in [-0.05, 0) is 42.7 Å². The van der Waals surface area contributed by atoms with E-state index in [4.69, 9.17) is 18.9 Å². The summed E-state index contributed by atoms with van der Waals surface area (Å²) in [6.07, 6.45) is 0.00300. The second-order valence-electron chi connectivity index (χ2n) is 6.03. The van der Waals surface area contributed by atoms with Crippen molar-refractivity contribution in [3.8, 4) is 23.0 Å². The number of benzene rings is 2. The minimum Gasteiger partial charge on any atom is -0.493 e. The van der Waals surface area contributed by atoms with Crippen LogP contribution in [0.3, 0.4) is 0 Å². The zero-order chi connectivity index (χ0) is 19.8. The fourth-order valence-corrected chi connectivity index (χ4v) is 2.70. The highest BCUT2D eigenvalue weighted by Gasteiger charge is 2.20. The summed E-state index contributed by atoms with van der Waals surface area (Å²) >= 11 is 0. The van der Waals surface area contributed by atoms with Crippen LogP contribution in [0.15, 0.2) is 36.4 Å². The van der Waals surface area contributed by atoms with Crippen LogP contribution in [-0.4, -0.2) is 33.3 Å². The molecule has 0 fully saturated rings. The summed E-state index contributed by atoms with van der Waals surface area (Å²) in [6.45, 7) is 4.20. The molecule has 0 radical (unpaired) electrons. The average molecular weight is 373 g/mol. The molecule has 6 nitrogen and oxygen atoms in total. The van der Waals surface area contributed by atoms with Crippen molar-refractivity contribution in [3.05, 3.63) is 47.5 Å². The normalized spacial score (nSPS) is 11.4. The number of nitrogens with one attached hydrogen (secondary N) is 1. The maximum absolute atomic E-state index is 12.6. The Morgan fingerprint density at radius 1 is 1.00 bits per heavy atom. The quantitative estimate of drug-likeness (QED) is 0.729. The number of ether oxygens (including phenoxy) is 4.